The predicted molar refractivity (Wildman–Crippen MR) is 91.5 cm³/mol. The number of benzene rings is 2. The van der Waals surface area contributed by atoms with Crippen molar-refractivity contribution in [2.24, 2.45) is 0 Å². The summed E-state index contributed by atoms with van der Waals surface area (Å²) in [5.74, 6) is -1.06. The van der Waals surface area contributed by atoms with E-state index >= 15 is 0 Å². The maximum Gasteiger partial charge on any atom is 0.337 e. The van der Waals surface area contributed by atoms with E-state index in [0.717, 1.165) is 0 Å². The van der Waals surface area contributed by atoms with Crippen molar-refractivity contribution in [3.63, 3.8) is 0 Å². The van der Waals surface area contributed by atoms with E-state index in [4.69, 9.17) is 11.6 Å². The fraction of sp³-hybridized carbons (Fsp3) is 0.0556. The summed E-state index contributed by atoms with van der Waals surface area (Å²) in [6.07, 6.45) is 1.40. The van der Waals surface area contributed by atoms with Gasteiger partial charge in [-0.3, -0.25) is 4.79 Å². The largest absolute Gasteiger partial charge is 0.465 e. The highest BCUT2D eigenvalue weighted by atomic mass is 35.5. The summed E-state index contributed by atoms with van der Waals surface area (Å²) in [6, 6.07) is 14.9. The minimum Gasteiger partial charge on any atom is -0.465 e. The summed E-state index contributed by atoms with van der Waals surface area (Å²) in [5.41, 5.74) is 1.25. The quantitative estimate of drug-likeness (QED) is 0.523. The molecule has 0 aromatic heterocycles. The van der Waals surface area contributed by atoms with Crippen LogP contribution in [0.2, 0.25) is 5.02 Å². The molecule has 0 aliphatic heterocycles. The number of esters is 1. The number of rotatable bonds is 4. The molecule has 0 spiro atoms. The van der Waals surface area contributed by atoms with E-state index in [1.54, 1.807) is 42.5 Å². The molecule has 1 amide bonds. The lowest BCUT2D eigenvalue weighted by atomic mass is 10.1. The van der Waals surface area contributed by atoms with Crippen molar-refractivity contribution in [3.05, 3.63) is 70.3 Å². The Morgan fingerprint density at radius 3 is 2.62 bits per heavy atom. The molecule has 0 fully saturated rings. The van der Waals surface area contributed by atoms with Crippen LogP contribution in [0.15, 0.2) is 54.1 Å². The Morgan fingerprint density at radius 2 is 1.96 bits per heavy atom. The number of ether oxygens (including phenoxy) is 1. The number of carbonyl (C=O) groups is 2. The lowest BCUT2D eigenvalue weighted by molar-refractivity contribution is -0.112. The Hall–Kier alpha value is -3.10. The van der Waals surface area contributed by atoms with Crippen LogP contribution in [0.4, 0.5) is 5.69 Å². The van der Waals surface area contributed by atoms with E-state index < -0.39 is 11.9 Å². The normalized spacial score (nSPS) is 10.6. The topological polar surface area (TPSA) is 79.2 Å². The van der Waals surface area contributed by atoms with E-state index in [2.05, 4.69) is 10.1 Å². The van der Waals surface area contributed by atoms with E-state index in [1.807, 2.05) is 6.07 Å². The molecule has 0 unspecified atom stereocenters. The Kier molecular flexibility index (Phi) is 5.72. The van der Waals surface area contributed by atoms with Crippen molar-refractivity contribution in [1.29, 1.82) is 5.26 Å². The zero-order valence-electron chi connectivity index (χ0n) is 12.7. The van der Waals surface area contributed by atoms with Crippen molar-refractivity contribution in [3.8, 4) is 6.07 Å². The van der Waals surface area contributed by atoms with Gasteiger partial charge in [0.25, 0.3) is 5.91 Å². The molecular formula is C18H13ClN2O3. The van der Waals surface area contributed by atoms with Crippen LogP contribution in [0.25, 0.3) is 6.08 Å². The second kappa shape index (κ2) is 7.95. The lowest BCUT2D eigenvalue weighted by Crippen LogP contribution is -2.13. The molecule has 6 heteroatoms. The first-order valence-electron chi connectivity index (χ1n) is 6.90. The molecule has 0 aliphatic rings. The fourth-order valence-corrected chi connectivity index (χ4v) is 2.14. The molecule has 0 saturated carbocycles. The van der Waals surface area contributed by atoms with E-state index in [1.165, 1.54) is 19.3 Å². The third-order valence-corrected chi connectivity index (χ3v) is 3.30. The van der Waals surface area contributed by atoms with Gasteiger partial charge in [-0.1, -0.05) is 29.8 Å². The monoisotopic (exact) mass is 340 g/mol. The average Bonchev–Trinajstić information content (AvgIpc) is 2.59. The van der Waals surface area contributed by atoms with Gasteiger partial charge in [-0.15, -0.1) is 0 Å². The molecule has 0 atom stereocenters. The average molecular weight is 341 g/mol. The van der Waals surface area contributed by atoms with Gasteiger partial charge < -0.3 is 10.1 Å². The van der Waals surface area contributed by atoms with Gasteiger partial charge in [0.05, 0.1) is 12.7 Å². The lowest BCUT2D eigenvalue weighted by Gasteiger charge is -2.05. The minimum atomic E-state index is -0.566. The third-order valence-electron chi connectivity index (χ3n) is 3.07. The SMILES string of the molecule is COC(=O)c1cccc(/C=C(\C#N)C(=O)Nc2cccc(Cl)c2)c1. The molecule has 2 aromatic rings. The van der Waals surface area contributed by atoms with Crippen LogP contribution >= 0.6 is 11.6 Å². The molecule has 120 valence electrons. The van der Waals surface area contributed by atoms with Gasteiger partial charge in [0.1, 0.15) is 11.6 Å². The Morgan fingerprint density at radius 1 is 1.21 bits per heavy atom. The minimum absolute atomic E-state index is 0.100. The highest BCUT2D eigenvalue weighted by Crippen LogP contribution is 2.17. The molecule has 2 aromatic carbocycles. The van der Waals surface area contributed by atoms with E-state index in [-0.39, 0.29) is 5.57 Å². The van der Waals surface area contributed by atoms with Gasteiger partial charge in [0.15, 0.2) is 0 Å². The predicted octanol–water partition coefficient (Wildman–Crippen LogP) is 3.67. The van der Waals surface area contributed by atoms with E-state index in [9.17, 15) is 14.9 Å². The molecule has 0 aliphatic carbocycles. The number of hydrogen-bond donors (Lipinski definition) is 1. The highest BCUT2D eigenvalue weighted by molar-refractivity contribution is 6.31. The molecule has 0 heterocycles. The number of nitrogens with one attached hydrogen (secondary N) is 1. The summed E-state index contributed by atoms with van der Waals surface area (Å²) in [5, 5.41) is 12.3. The van der Waals surface area contributed by atoms with Gasteiger partial charge in [0, 0.05) is 10.7 Å². The number of nitrogens with zero attached hydrogens (tertiary/aromatic N) is 1. The molecular weight excluding hydrogens is 328 g/mol. The van der Waals surface area contributed by atoms with Gasteiger partial charge in [-0.05, 0) is 42.0 Å². The van der Waals surface area contributed by atoms with Crippen LogP contribution in [0.1, 0.15) is 15.9 Å². The van der Waals surface area contributed by atoms with Gasteiger partial charge in [-0.25, -0.2) is 4.79 Å². The first kappa shape index (κ1) is 17.3. The zero-order chi connectivity index (χ0) is 17.5. The molecule has 0 bridgehead atoms. The zero-order valence-corrected chi connectivity index (χ0v) is 13.5. The summed E-state index contributed by atoms with van der Waals surface area (Å²) in [4.78, 5) is 23.7. The van der Waals surface area contributed by atoms with Crippen LogP contribution in [0.5, 0.6) is 0 Å². The molecule has 2 rings (SSSR count). The van der Waals surface area contributed by atoms with E-state index in [0.29, 0.717) is 21.8 Å². The Balaban J connectivity index is 2.24. The molecule has 24 heavy (non-hydrogen) atoms. The number of nitriles is 1. The van der Waals surface area contributed by atoms with Gasteiger partial charge in [-0.2, -0.15) is 5.26 Å². The van der Waals surface area contributed by atoms with Crippen LogP contribution in [-0.2, 0) is 9.53 Å². The summed E-state index contributed by atoms with van der Waals surface area (Å²) in [7, 11) is 1.28. The summed E-state index contributed by atoms with van der Waals surface area (Å²) in [6.45, 7) is 0. The number of amides is 1. The van der Waals surface area contributed by atoms with Crippen LogP contribution in [0, 0.1) is 11.3 Å². The number of hydrogen-bond acceptors (Lipinski definition) is 4. The second-order valence-corrected chi connectivity index (χ2v) is 5.19. The molecule has 1 N–H and O–H groups in total. The maximum absolute atomic E-state index is 12.2. The van der Waals surface area contributed by atoms with Gasteiger partial charge in [0.2, 0.25) is 0 Å². The van der Waals surface area contributed by atoms with Crippen molar-refractivity contribution in [2.45, 2.75) is 0 Å². The number of methoxy groups -OCH3 is 1. The van der Waals surface area contributed by atoms with Gasteiger partial charge >= 0.3 is 5.97 Å². The van der Waals surface area contributed by atoms with Crippen LogP contribution in [-0.4, -0.2) is 19.0 Å². The highest BCUT2D eigenvalue weighted by Gasteiger charge is 2.11. The Bertz CT molecular complexity index is 853. The Labute approximate surface area is 144 Å². The summed E-state index contributed by atoms with van der Waals surface area (Å²) >= 11 is 5.86. The number of carbonyl (C=O) groups excluding carboxylic acids is 2. The second-order valence-electron chi connectivity index (χ2n) is 4.75. The number of anilines is 1. The van der Waals surface area contributed by atoms with Crippen molar-refractivity contribution in [2.75, 3.05) is 12.4 Å². The fourth-order valence-electron chi connectivity index (χ4n) is 1.95. The smallest absolute Gasteiger partial charge is 0.337 e. The van der Waals surface area contributed by atoms with Crippen molar-refractivity contribution in [1.82, 2.24) is 0 Å². The van der Waals surface area contributed by atoms with Crippen LogP contribution < -0.4 is 5.32 Å². The first-order valence-corrected chi connectivity index (χ1v) is 7.28. The van der Waals surface area contributed by atoms with Crippen molar-refractivity contribution < 1.29 is 14.3 Å². The first-order chi connectivity index (χ1) is 11.5. The standard InChI is InChI=1S/C18H13ClN2O3/c1-24-18(23)13-5-2-4-12(8-13)9-14(11-20)17(22)21-16-7-3-6-15(19)10-16/h2-10H,1H3,(H,21,22)/b14-9+. The molecule has 5 nitrogen and oxygen atoms in total. The third kappa shape index (κ3) is 4.45. The molecule has 0 saturated heterocycles. The van der Waals surface area contributed by atoms with Crippen molar-refractivity contribution >= 4 is 35.2 Å². The molecule has 0 radical (unpaired) electrons. The maximum atomic E-state index is 12.2. The van der Waals surface area contributed by atoms with Crippen LogP contribution in [0.3, 0.4) is 0 Å². The summed E-state index contributed by atoms with van der Waals surface area (Å²) < 4.78 is 4.64. The number of halogens is 1.